The molecule has 0 bridgehead atoms. The molecule has 7 heteroatoms. The molecule has 2 aromatic rings. The molecule has 24 heavy (non-hydrogen) atoms. The van der Waals surface area contributed by atoms with Crippen molar-refractivity contribution in [3.63, 3.8) is 0 Å². The van der Waals surface area contributed by atoms with E-state index in [0.29, 0.717) is 17.5 Å². The maximum Gasteiger partial charge on any atom is 0.261 e. The maximum atomic E-state index is 12.5. The summed E-state index contributed by atoms with van der Waals surface area (Å²) in [5.41, 5.74) is 0.178. The Kier molecular flexibility index (Phi) is 4.53. The number of hydrogen-bond donors (Lipinski definition) is 2. The van der Waals surface area contributed by atoms with Gasteiger partial charge in [-0.15, -0.1) is 0 Å². The summed E-state index contributed by atoms with van der Waals surface area (Å²) in [5, 5.41) is 16.1. The molecule has 1 fully saturated rings. The van der Waals surface area contributed by atoms with Gasteiger partial charge in [-0.05, 0) is 43.9 Å². The van der Waals surface area contributed by atoms with Crippen molar-refractivity contribution in [2.45, 2.75) is 51.4 Å². The maximum absolute atomic E-state index is 12.5. The third-order valence-corrected chi connectivity index (χ3v) is 4.29. The van der Waals surface area contributed by atoms with Crippen LogP contribution >= 0.6 is 0 Å². The first-order valence-electron chi connectivity index (χ1n) is 8.02. The SMILES string of the molecule is Cc1nc(C2(NC(=O)C(C)Oc3cccc(CO)c3)CCC2)no1. The smallest absolute Gasteiger partial charge is 0.261 e. The van der Waals surface area contributed by atoms with E-state index in [-0.39, 0.29) is 12.5 Å². The van der Waals surface area contributed by atoms with Gasteiger partial charge < -0.3 is 19.7 Å². The van der Waals surface area contributed by atoms with E-state index in [9.17, 15) is 4.79 Å². The first-order chi connectivity index (χ1) is 11.5. The normalized spacial score (nSPS) is 17.0. The van der Waals surface area contributed by atoms with Crippen molar-refractivity contribution in [2.24, 2.45) is 0 Å². The Morgan fingerprint density at radius 2 is 2.29 bits per heavy atom. The average Bonchev–Trinajstić information content (AvgIpc) is 2.97. The molecule has 0 spiro atoms. The summed E-state index contributed by atoms with van der Waals surface area (Å²) >= 11 is 0. The molecule has 0 aliphatic heterocycles. The summed E-state index contributed by atoms with van der Waals surface area (Å²) in [6.45, 7) is 3.34. The van der Waals surface area contributed by atoms with E-state index in [4.69, 9.17) is 14.4 Å². The molecule has 1 aliphatic rings. The van der Waals surface area contributed by atoms with Crippen LogP contribution in [0.15, 0.2) is 28.8 Å². The summed E-state index contributed by atoms with van der Waals surface area (Å²) in [6.07, 6.45) is 1.89. The molecule has 7 nitrogen and oxygen atoms in total. The predicted molar refractivity (Wildman–Crippen MR) is 85.2 cm³/mol. The number of carbonyl (C=O) groups excluding carboxylic acids is 1. The molecule has 1 amide bonds. The lowest BCUT2D eigenvalue weighted by Gasteiger charge is -2.40. The van der Waals surface area contributed by atoms with Gasteiger partial charge in [0.2, 0.25) is 5.89 Å². The second-order valence-electron chi connectivity index (χ2n) is 6.13. The first kappa shape index (κ1) is 16.4. The number of amides is 1. The quantitative estimate of drug-likeness (QED) is 0.838. The number of rotatable bonds is 6. The number of nitrogens with one attached hydrogen (secondary N) is 1. The van der Waals surface area contributed by atoms with Crippen molar-refractivity contribution in [3.8, 4) is 5.75 Å². The van der Waals surface area contributed by atoms with Crippen molar-refractivity contribution < 1.29 is 19.2 Å². The Bertz CT molecular complexity index is 724. The highest BCUT2D eigenvalue weighted by Crippen LogP contribution is 2.39. The van der Waals surface area contributed by atoms with Gasteiger partial charge in [-0.2, -0.15) is 4.98 Å². The zero-order chi connectivity index (χ0) is 17.2. The summed E-state index contributed by atoms with van der Waals surface area (Å²) in [6, 6.07) is 7.04. The zero-order valence-corrected chi connectivity index (χ0v) is 13.8. The molecule has 0 radical (unpaired) electrons. The van der Waals surface area contributed by atoms with E-state index < -0.39 is 11.6 Å². The summed E-state index contributed by atoms with van der Waals surface area (Å²) in [7, 11) is 0. The molecule has 1 aliphatic carbocycles. The fraction of sp³-hybridized carbons (Fsp3) is 0.471. The van der Waals surface area contributed by atoms with Crippen LogP contribution < -0.4 is 10.1 Å². The number of ether oxygens (including phenoxy) is 1. The Hall–Kier alpha value is -2.41. The Morgan fingerprint density at radius 3 is 2.88 bits per heavy atom. The molecule has 2 N–H and O–H groups in total. The predicted octanol–water partition coefficient (Wildman–Crippen LogP) is 1.83. The van der Waals surface area contributed by atoms with Gasteiger partial charge in [0.15, 0.2) is 11.9 Å². The highest BCUT2D eigenvalue weighted by molar-refractivity contribution is 5.81. The number of aliphatic hydroxyl groups is 1. The number of aromatic nitrogens is 2. The van der Waals surface area contributed by atoms with E-state index in [2.05, 4.69) is 15.5 Å². The number of aliphatic hydroxyl groups excluding tert-OH is 1. The van der Waals surface area contributed by atoms with E-state index in [0.717, 1.165) is 24.8 Å². The highest BCUT2D eigenvalue weighted by atomic mass is 16.5. The van der Waals surface area contributed by atoms with Crippen molar-refractivity contribution in [2.75, 3.05) is 0 Å². The standard InChI is InChI=1S/C17H21N3O4/c1-11(23-14-6-3-5-13(9-14)10-21)15(22)19-17(7-4-8-17)16-18-12(2)24-20-16/h3,5-6,9,11,21H,4,7-8,10H2,1-2H3,(H,19,22). The van der Waals surface area contributed by atoms with Gasteiger partial charge in [0.1, 0.15) is 11.3 Å². The minimum atomic E-state index is -0.676. The third kappa shape index (κ3) is 3.26. The summed E-state index contributed by atoms with van der Waals surface area (Å²) in [5.74, 6) is 1.32. The monoisotopic (exact) mass is 331 g/mol. The van der Waals surface area contributed by atoms with Crippen LogP contribution in [-0.4, -0.2) is 27.3 Å². The van der Waals surface area contributed by atoms with Crippen LogP contribution in [0.1, 0.15) is 43.5 Å². The number of hydrogen-bond acceptors (Lipinski definition) is 6. The number of benzene rings is 1. The van der Waals surface area contributed by atoms with Crippen molar-refractivity contribution in [1.29, 1.82) is 0 Å². The van der Waals surface area contributed by atoms with Gasteiger partial charge in [0.25, 0.3) is 5.91 Å². The topological polar surface area (TPSA) is 97.5 Å². The summed E-state index contributed by atoms with van der Waals surface area (Å²) in [4.78, 5) is 16.8. The molecule has 1 aromatic carbocycles. The second kappa shape index (κ2) is 6.60. The number of nitrogens with zero attached hydrogens (tertiary/aromatic N) is 2. The minimum absolute atomic E-state index is 0.0714. The average molecular weight is 331 g/mol. The van der Waals surface area contributed by atoms with E-state index in [1.807, 2.05) is 0 Å². The van der Waals surface area contributed by atoms with Crippen LogP contribution in [0.5, 0.6) is 5.75 Å². The Balaban J connectivity index is 1.67. The van der Waals surface area contributed by atoms with E-state index >= 15 is 0 Å². The van der Waals surface area contributed by atoms with Gasteiger partial charge in [0.05, 0.1) is 6.61 Å². The largest absolute Gasteiger partial charge is 0.481 e. The molecular weight excluding hydrogens is 310 g/mol. The number of carbonyl (C=O) groups is 1. The molecule has 128 valence electrons. The van der Waals surface area contributed by atoms with Crippen LogP contribution in [0.25, 0.3) is 0 Å². The van der Waals surface area contributed by atoms with Crippen LogP contribution in [0.3, 0.4) is 0 Å². The van der Waals surface area contributed by atoms with Crippen LogP contribution in [-0.2, 0) is 16.9 Å². The van der Waals surface area contributed by atoms with Crippen LogP contribution in [0, 0.1) is 6.92 Å². The van der Waals surface area contributed by atoms with Crippen LogP contribution in [0.2, 0.25) is 0 Å². The molecule has 1 atom stereocenters. The molecule has 1 heterocycles. The Morgan fingerprint density at radius 1 is 1.50 bits per heavy atom. The minimum Gasteiger partial charge on any atom is -0.481 e. The lowest BCUT2D eigenvalue weighted by molar-refractivity contribution is -0.130. The van der Waals surface area contributed by atoms with Crippen LogP contribution in [0.4, 0.5) is 0 Å². The third-order valence-electron chi connectivity index (χ3n) is 4.29. The van der Waals surface area contributed by atoms with Gasteiger partial charge in [-0.3, -0.25) is 4.79 Å². The molecule has 3 rings (SSSR count). The van der Waals surface area contributed by atoms with E-state index in [1.54, 1.807) is 38.1 Å². The fourth-order valence-electron chi connectivity index (χ4n) is 2.74. The molecule has 1 saturated carbocycles. The second-order valence-corrected chi connectivity index (χ2v) is 6.13. The van der Waals surface area contributed by atoms with E-state index in [1.165, 1.54) is 0 Å². The van der Waals surface area contributed by atoms with Crippen molar-refractivity contribution in [1.82, 2.24) is 15.5 Å². The lowest BCUT2D eigenvalue weighted by Crippen LogP contribution is -2.54. The fourth-order valence-corrected chi connectivity index (χ4v) is 2.74. The molecule has 1 unspecified atom stereocenters. The molecule has 1 aromatic heterocycles. The van der Waals surface area contributed by atoms with Gasteiger partial charge in [0, 0.05) is 6.92 Å². The lowest BCUT2D eigenvalue weighted by atomic mass is 9.76. The van der Waals surface area contributed by atoms with Gasteiger partial charge in [-0.1, -0.05) is 17.3 Å². The zero-order valence-electron chi connectivity index (χ0n) is 13.8. The number of aryl methyl sites for hydroxylation is 1. The van der Waals surface area contributed by atoms with Gasteiger partial charge in [-0.25, -0.2) is 0 Å². The first-order valence-corrected chi connectivity index (χ1v) is 8.02. The Labute approximate surface area is 140 Å². The van der Waals surface area contributed by atoms with Crippen molar-refractivity contribution in [3.05, 3.63) is 41.5 Å². The molecular formula is C17H21N3O4. The highest BCUT2D eigenvalue weighted by Gasteiger charge is 2.44. The van der Waals surface area contributed by atoms with Gasteiger partial charge >= 0.3 is 0 Å². The molecule has 0 saturated heterocycles. The summed E-state index contributed by atoms with van der Waals surface area (Å²) < 4.78 is 10.7. The van der Waals surface area contributed by atoms with Crippen molar-refractivity contribution >= 4 is 5.91 Å².